The third kappa shape index (κ3) is 3.83. The minimum Gasteiger partial charge on any atom is -0.388 e. The van der Waals surface area contributed by atoms with Gasteiger partial charge in [0.2, 0.25) is 0 Å². The van der Waals surface area contributed by atoms with Gasteiger partial charge < -0.3 is 5.11 Å². The summed E-state index contributed by atoms with van der Waals surface area (Å²) in [7, 11) is 0. The predicted molar refractivity (Wildman–Crippen MR) is 76.5 cm³/mol. The molecule has 0 aliphatic heterocycles. The van der Waals surface area contributed by atoms with E-state index in [0.717, 1.165) is 5.56 Å². The summed E-state index contributed by atoms with van der Waals surface area (Å²) in [5.74, 6) is -0.476. The second-order valence-electron chi connectivity index (χ2n) is 4.17. The Balaban J connectivity index is 2.20. The minimum atomic E-state index is -0.856. The highest BCUT2D eigenvalue weighted by atomic mass is 35.5. The van der Waals surface area contributed by atoms with Gasteiger partial charge in [-0.05, 0) is 41.5 Å². The molecule has 0 radical (unpaired) electrons. The van der Waals surface area contributed by atoms with Gasteiger partial charge in [0.05, 0.1) is 16.1 Å². The van der Waals surface area contributed by atoms with Gasteiger partial charge in [-0.1, -0.05) is 40.9 Å². The molecule has 0 saturated heterocycles. The first kappa shape index (κ1) is 14.6. The molecule has 0 bridgehead atoms. The van der Waals surface area contributed by atoms with Gasteiger partial charge in [0.1, 0.15) is 5.82 Å². The van der Waals surface area contributed by atoms with Crippen LogP contribution in [0.3, 0.4) is 0 Å². The fourth-order valence-corrected chi connectivity index (χ4v) is 2.33. The van der Waals surface area contributed by atoms with Crippen molar-refractivity contribution in [1.29, 1.82) is 0 Å². The van der Waals surface area contributed by atoms with Crippen LogP contribution in [-0.4, -0.2) is 5.11 Å². The lowest BCUT2D eigenvalue weighted by Crippen LogP contribution is -2.02. The van der Waals surface area contributed by atoms with Crippen LogP contribution >= 0.6 is 34.8 Å². The lowest BCUT2D eigenvalue weighted by atomic mass is 10.0. The van der Waals surface area contributed by atoms with Crippen molar-refractivity contribution in [2.75, 3.05) is 0 Å². The zero-order valence-electron chi connectivity index (χ0n) is 9.71. The van der Waals surface area contributed by atoms with Crippen molar-refractivity contribution >= 4 is 34.8 Å². The molecule has 2 aromatic carbocycles. The molecule has 1 atom stereocenters. The van der Waals surface area contributed by atoms with E-state index in [1.54, 1.807) is 18.2 Å². The second kappa shape index (κ2) is 6.10. The van der Waals surface area contributed by atoms with Gasteiger partial charge in [0.25, 0.3) is 0 Å². The summed E-state index contributed by atoms with van der Waals surface area (Å²) >= 11 is 17.5. The van der Waals surface area contributed by atoms with E-state index in [0.29, 0.717) is 22.0 Å². The highest BCUT2D eigenvalue weighted by molar-refractivity contribution is 6.42. The summed E-state index contributed by atoms with van der Waals surface area (Å²) in [6, 6.07) is 9.08. The van der Waals surface area contributed by atoms with E-state index in [9.17, 15) is 9.50 Å². The first-order valence-electron chi connectivity index (χ1n) is 5.53. The predicted octanol–water partition coefficient (Wildman–Crippen LogP) is 5.06. The normalized spacial score (nSPS) is 12.5. The number of rotatable bonds is 3. The van der Waals surface area contributed by atoms with Gasteiger partial charge in [-0.2, -0.15) is 0 Å². The Morgan fingerprint density at radius 2 is 1.74 bits per heavy atom. The SMILES string of the molecule is OC(Cc1ccc(Cl)c(Cl)c1)c1cc(F)cc(Cl)c1. The van der Waals surface area contributed by atoms with Crippen molar-refractivity contribution in [3.63, 3.8) is 0 Å². The van der Waals surface area contributed by atoms with E-state index in [4.69, 9.17) is 34.8 Å². The molecule has 2 rings (SSSR count). The average Bonchev–Trinajstić information content (AvgIpc) is 2.32. The monoisotopic (exact) mass is 318 g/mol. The zero-order valence-corrected chi connectivity index (χ0v) is 12.0. The van der Waals surface area contributed by atoms with Gasteiger partial charge in [-0.25, -0.2) is 4.39 Å². The molecule has 1 nitrogen and oxygen atoms in total. The molecule has 0 spiro atoms. The molecule has 0 aromatic heterocycles. The third-order valence-electron chi connectivity index (χ3n) is 2.68. The molecule has 1 N–H and O–H groups in total. The van der Waals surface area contributed by atoms with Crippen LogP contribution in [0, 0.1) is 5.82 Å². The maximum absolute atomic E-state index is 13.2. The summed E-state index contributed by atoms with van der Waals surface area (Å²) in [6.07, 6.45) is -0.554. The van der Waals surface area contributed by atoms with Crippen molar-refractivity contribution in [2.45, 2.75) is 12.5 Å². The van der Waals surface area contributed by atoms with Gasteiger partial charge in [-0.3, -0.25) is 0 Å². The molecule has 19 heavy (non-hydrogen) atoms. The average molecular weight is 320 g/mol. The third-order valence-corrected chi connectivity index (χ3v) is 3.64. The maximum Gasteiger partial charge on any atom is 0.125 e. The van der Waals surface area contributed by atoms with Gasteiger partial charge in [0.15, 0.2) is 0 Å². The highest BCUT2D eigenvalue weighted by Crippen LogP contribution is 2.27. The number of benzene rings is 2. The second-order valence-corrected chi connectivity index (χ2v) is 5.42. The molecule has 5 heteroatoms. The van der Waals surface area contributed by atoms with Gasteiger partial charge in [0, 0.05) is 11.4 Å². The van der Waals surface area contributed by atoms with Crippen molar-refractivity contribution in [2.24, 2.45) is 0 Å². The molecule has 0 amide bonds. The van der Waals surface area contributed by atoms with Crippen LogP contribution in [0.15, 0.2) is 36.4 Å². The van der Waals surface area contributed by atoms with Crippen LogP contribution < -0.4 is 0 Å². The zero-order chi connectivity index (χ0) is 14.0. The topological polar surface area (TPSA) is 20.2 Å². The highest BCUT2D eigenvalue weighted by Gasteiger charge is 2.11. The standard InChI is InChI=1S/C14H10Cl3FO/c15-10-5-9(6-11(18)7-10)14(19)4-8-1-2-12(16)13(17)3-8/h1-3,5-7,14,19H,4H2. The Morgan fingerprint density at radius 1 is 1.00 bits per heavy atom. The van der Waals surface area contributed by atoms with E-state index >= 15 is 0 Å². The van der Waals surface area contributed by atoms with Crippen LogP contribution in [-0.2, 0) is 6.42 Å². The number of aliphatic hydroxyl groups is 1. The van der Waals surface area contributed by atoms with Crippen molar-refractivity contribution in [3.05, 3.63) is 68.4 Å². The molecule has 0 saturated carbocycles. The minimum absolute atomic E-state index is 0.253. The van der Waals surface area contributed by atoms with E-state index in [1.807, 2.05) is 0 Å². The summed E-state index contributed by atoms with van der Waals surface area (Å²) in [5.41, 5.74) is 1.23. The molecule has 0 aliphatic carbocycles. The summed E-state index contributed by atoms with van der Waals surface area (Å²) in [6.45, 7) is 0. The Hall–Kier alpha value is -0.800. The number of hydrogen-bond donors (Lipinski definition) is 1. The van der Waals surface area contributed by atoms with E-state index in [-0.39, 0.29) is 5.02 Å². The Kier molecular flexibility index (Phi) is 4.69. The Morgan fingerprint density at radius 3 is 2.37 bits per heavy atom. The number of hydrogen-bond acceptors (Lipinski definition) is 1. The van der Waals surface area contributed by atoms with Crippen LogP contribution in [0.1, 0.15) is 17.2 Å². The van der Waals surface area contributed by atoms with Crippen LogP contribution in [0.25, 0.3) is 0 Å². The molecular formula is C14H10Cl3FO. The lowest BCUT2D eigenvalue weighted by molar-refractivity contribution is 0.178. The van der Waals surface area contributed by atoms with Crippen LogP contribution in [0.5, 0.6) is 0 Å². The molecule has 2 aromatic rings. The van der Waals surface area contributed by atoms with Crippen molar-refractivity contribution in [3.8, 4) is 0 Å². The number of aliphatic hydroxyl groups excluding tert-OH is 1. The lowest BCUT2D eigenvalue weighted by Gasteiger charge is -2.12. The summed E-state index contributed by atoms with van der Waals surface area (Å²) in [4.78, 5) is 0. The first-order valence-corrected chi connectivity index (χ1v) is 6.67. The smallest absolute Gasteiger partial charge is 0.125 e. The molecule has 0 heterocycles. The van der Waals surface area contributed by atoms with E-state index in [1.165, 1.54) is 18.2 Å². The largest absolute Gasteiger partial charge is 0.388 e. The number of halogens is 4. The Bertz CT molecular complexity index is 581. The van der Waals surface area contributed by atoms with Crippen LogP contribution in [0.2, 0.25) is 15.1 Å². The first-order chi connectivity index (χ1) is 8.95. The summed E-state index contributed by atoms with van der Waals surface area (Å²) in [5, 5.41) is 11.2. The fourth-order valence-electron chi connectivity index (χ4n) is 1.78. The fraction of sp³-hybridized carbons (Fsp3) is 0.143. The van der Waals surface area contributed by atoms with Crippen molar-refractivity contribution < 1.29 is 9.50 Å². The van der Waals surface area contributed by atoms with E-state index in [2.05, 4.69) is 0 Å². The van der Waals surface area contributed by atoms with Crippen molar-refractivity contribution in [1.82, 2.24) is 0 Å². The van der Waals surface area contributed by atoms with E-state index < -0.39 is 11.9 Å². The molecule has 0 aliphatic rings. The van der Waals surface area contributed by atoms with Gasteiger partial charge >= 0.3 is 0 Å². The molecule has 1 unspecified atom stereocenters. The molecule has 0 fully saturated rings. The molecular weight excluding hydrogens is 310 g/mol. The molecule has 100 valence electrons. The van der Waals surface area contributed by atoms with Crippen LogP contribution in [0.4, 0.5) is 4.39 Å². The Labute approximate surface area is 125 Å². The maximum atomic E-state index is 13.2. The summed E-state index contributed by atoms with van der Waals surface area (Å²) < 4.78 is 13.2. The quantitative estimate of drug-likeness (QED) is 0.838. The van der Waals surface area contributed by atoms with Gasteiger partial charge in [-0.15, -0.1) is 0 Å².